The molecule has 3 aromatic heterocycles. The predicted octanol–water partition coefficient (Wildman–Crippen LogP) is 28.9. The number of fused-ring (bicyclic) bond motifs is 23. The summed E-state index contributed by atoms with van der Waals surface area (Å²) in [6.07, 6.45) is 18.0. The molecule has 0 bridgehead atoms. The Morgan fingerprint density at radius 1 is 0.232 bits per heavy atom. The Kier molecular flexibility index (Phi) is 18.2. The molecule has 0 atom stereocenters. The van der Waals surface area contributed by atoms with Gasteiger partial charge in [-0.1, -0.05) is 19.6 Å². The van der Waals surface area contributed by atoms with Gasteiger partial charge < -0.3 is 27.5 Å². The van der Waals surface area contributed by atoms with Gasteiger partial charge in [-0.15, -0.1) is 0 Å². The van der Waals surface area contributed by atoms with E-state index in [1.54, 1.807) is 18.8 Å². The molecule has 0 amide bonds. The summed E-state index contributed by atoms with van der Waals surface area (Å²) in [5.74, 6) is 2.59. The SMILES string of the molecule is C.CC1=C(C)c2c(C)c(C)c(C)c(C)c2C2(C=COc3c2ccc2ccoc32)c2c(C)c(C)c(C)c(C)c21.CC1=C(C)c2c(C)c(C)c(C)c(C)c2C2(C=COc3c2ccc2occc32)c2c(C)c(C)c(C)c(C)c21.CC1=C(C)c2c(C)c(C)c(C)c(C)c2C2(C=COc3cc4occc4cc32)c2c(C)c(C)c(C)c(C)c21. The first-order valence-electron chi connectivity index (χ1n) is 39.8. The molecule has 6 nitrogen and oxygen atoms in total. The number of allylic oxidation sites excluding steroid dienone is 9. The van der Waals surface area contributed by atoms with Crippen LogP contribution in [-0.2, 0) is 16.2 Å². The van der Waals surface area contributed by atoms with Crippen molar-refractivity contribution in [2.75, 3.05) is 0 Å². The van der Waals surface area contributed by atoms with Gasteiger partial charge in [0.2, 0.25) is 0 Å². The molecule has 18 rings (SSSR count). The van der Waals surface area contributed by atoms with Gasteiger partial charge in [-0.3, -0.25) is 0 Å². The van der Waals surface area contributed by atoms with Crippen LogP contribution in [0.3, 0.4) is 0 Å². The van der Waals surface area contributed by atoms with Crippen LogP contribution >= 0.6 is 0 Å². The highest BCUT2D eigenvalue weighted by molar-refractivity contribution is 6.03. The first-order chi connectivity index (χ1) is 52.6. The largest absolute Gasteiger partial charge is 0.465 e. The topological polar surface area (TPSA) is 67.1 Å². The van der Waals surface area contributed by atoms with E-state index in [1.807, 2.05) is 30.9 Å². The quantitative estimate of drug-likeness (QED) is 0.151. The van der Waals surface area contributed by atoms with Crippen molar-refractivity contribution in [1.82, 2.24) is 0 Å². The summed E-state index contributed by atoms with van der Waals surface area (Å²) in [7, 11) is 0. The van der Waals surface area contributed by atoms with Gasteiger partial charge in [0, 0.05) is 33.5 Å². The van der Waals surface area contributed by atoms with Crippen LogP contribution in [0.5, 0.6) is 17.2 Å². The number of hydrogen-bond acceptors (Lipinski definition) is 6. The maximum absolute atomic E-state index is 6.34. The Labute approximate surface area is 665 Å². The van der Waals surface area contributed by atoms with E-state index in [0.717, 1.165) is 55.7 Å². The van der Waals surface area contributed by atoms with Crippen LogP contribution in [0, 0.1) is 166 Å². The molecule has 0 unspecified atom stereocenters. The maximum atomic E-state index is 6.34. The van der Waals surface area contributed by atoms with Crippen molar-refractivity contribution in [3.05, 3.63) is 327 Å². The van der Waals surface area contributed by atoms with Crippen molar-refractivity contribution in [2.24, 2.45) is 0 Å². The van der Waals surface area contributed by atoms with E-state index in [0.29, 0.717) is 0 Å². The van der Waals surface area contributed by atoms with Crippen LogP contribution in [0.1, 0.15) is 266 Å². The van der Waals surface area contributed by atoms with Gasteiger partial charge >= 0.3 is 0 Å². The van der Waals surface area contributed by atoms with Gasteiger partial charge in [-0.2, -0.15) is 0 Å². The molecule has 112 heavy (non-hydrogen) atoms. The lowest BCUT2D eigenvalue weighted by Crippen LogP contribution is -2.34. The molecule has 0 saturated carbocycles. The predicted molar refractivity (Wildman–Crippen MR) is 471 cm³/mol. The van der Waals surface area contributed by atoms with Crippen molar-refractivity contribution in [3.63, 3.8) is 0 Å². The molecule has 0 saturated heterocycles. The van der Waals surface area contributed by atoms with Crippen LogP contribution in [0.25, 0.3) is 66.3 Å². The van der Waals surface area contributed by atoms with Crippen molar-refractivity contribution in [2.45, 2.75) is 231 Å². The first kappa shape index (κ1) is 76.8. The molecule has 0 N–H and O–H groups in total. The Morgan fingerprint density at radius 2 is 0.518 bits per heavy atom. The summed E-state index contributed by atoms with van der Waals surface area (Å²) in [5.41, 5.74) is 62.2. The molecule has 6 heteroatoms. The summed E-state index contributed by atoms with van der Waals surface area (Å²) < 4.78 is 36.5. The van der Waals surface area contributed by atoms with E-state index in [2.05, 4.69) is 268 Å². The fourth-order valence-corrected chi connectivity index (χ4v) is 21.6. The van der Waals surface area contributed by atoms with Gasteiger partial charge in [0.1, 0.15) is 22.7 Å². The zero-order valence-electron chi connectivity index (χ0n) is 71.3. The van der Waals surface area contributed by atoms with Gasteiger partial charge in [0.25, 0.3) is 0 Å². The van der Waals surface area contributed by atoms with E-state index in [1.165, 1.54) is 245 Å². The third-order valence-electron chi connectivity index (χ3n) is 29.9. The fourth-order valence-electron chi connectivity index (χ4n) is 21.6. The number of hydrogen-bond donors (Lipinski definition) is 0. The molecule has 12 aromatic rings. The van der Waals surface area contributed by atoms with E-state index >= 15 is 0 Å². The highest BCUT2D eigenvalue weighted by Gasteiger charge is 2.52. The van der Waals surface area contributed by atoms with E-state index in [4.69, 9.17) is 27.5 Å². The van der Waals surface area contributed by atoms with Crippen LogP contribution in [0.2, 0.25) is 0 Å². The summed E-state index contributed by atoms with van der Waals surface area (Å²) >= 11 is 0. The lowest BCUT2D eigenvalue weighted by Gasteiger charge is -2.41. The normalized spacial score (nSPS) is 15.4. The number of furan rings is 3. The number of benzene rings is 9. The zero-order valence-corrected chi connectivity index (χ0v) is 71.3. The minimum absolute atomic E-state index is 0. The van der Waals surface area contributed by atoms with Crippen LogP contribution in [-0.4, -0.2) is 0 Å². The summed E-state index contributed by atoms with van der Waals surface area (Å²) in [6, 6.07) is 19.3. The van der Waals surface area contributed by atoms with Crippen LogP contribution in [0.4, 0.5) is 0 Å². The zero-order chi connectivity index (χ0) is 79.6. The second kappa shape index (κ2) is 26.5. The average Bonchev–Trinajstić information content (AvgIpc) is 1.46. The van der Waals surface area contributed by atoms with Gasteiger partial charge in [0.15, 0.2) is 11.3 Å². The average molecular weight is 1480 g/mol. The maximum Gasteiger partial charge on any atom is 0.176 e. The second-order valence-electron chi connectivity index (χ2n) is 33.8. The summed E-state index contributed by atoms with van der Waals surface area (Å²) in [6.45, 7) is 69.0. The van der Waals surface area contributed by atoms with Crippen molar-refractivity contribution < 1.29 is 27.5 Å². The van der Waals surface area contributed by atoms with E-state index in [-0.39, 0.29) is 7.43 Å². The molecule has 6 aliphatic rings. The highest BCUT2D eigenvalue weighted by Crippen LogP contribution is 2.63. The third kappa shape index (κ3) is 9.87. The monoisotopic (exact) mass is 1480 g/mol. The van der Waals surface area contributed by atoms with Crippen molar-refractivity contribution >= 4 is 66.3 Å². The highest BCUT2D eigenvalue weighted by atomic mass is 16.5. The molecule has 0 fully saturated rings. The number of ether oxygens (including phenoxy) is 3. The molecule has 9 aromatic carbocycles. The Balaban J connectivity index is 0.000000132. The van der Waals surface area contributed by atoms with Gasteiger partial charge in [-0.25, -0.2) is 0 Å². The Bertz CT molecular complexity index is 5720. The van der Waals surface area contributed by atoms with Gasteiger partial charge in [-0.05, 0) is 496 Å². The van der Waals surface area contributed by atoms with Crippen molar-refractivity contribution in [3.8, 4) is 17.2 Å². The third-order valence-corrected chi connectivity index (χ3v) is 29.9. The summed E-state index contributed by atoms with van der Waals surface area (Å²) in [5, 5.41) is 3.18. The fraction of sp³-hybridized carbons (Fsp3) is 0.321. The lowest BCUT2D eigenvalue weighted by atomic mass is 9.62. The smallest absolute Gasteiger partial charge is 0.176 e. The molecule has 3 aliphatic carbocycles. The molecule has 0 radical (unpaired) electrons. The molecular weight excluding hydrogens is 1370 g/mol. The molecule has 6 heterocycles. The van der Waals surface area contributed by atoms with Crippen LogP contribution < -0.4 is 14.2 Å². The molecule has 3 aliphatic heterocycles. The first-order valence-corrected chi connectivity index (χ1v) is 39.8. The number of rotatable bonds is 0. The minimum atomic E-state index is -0.515. The Morgan fingerprint density at radius 3 is 0.893 bits per heavy atom. The minimum Gasteiger partial charge on any atom is -0.465 e. The lowest BCUT2D eigenvalue weighted by molar-refractivity contribution is 0.437. The van der Waals surface area contributed by atoms with Gasteiger partial charge in [0.05, 0.1) is 59.2 Å². The van der Waals surface area contributed by atoms with E-state index in [9.17, 15) is 0 Å². The standard InChI is InChI=1S/3C35H36O2.CH4/c1-17-19(3)25(9)33-31(21(17)5)23(7)24(8)32-22(6)18(2)20(4)26(10)34(32)35(33)12-14-37-30-16-29-27(11-13-36-29)15-28(30)35;1-17-19(3)25(9)32-30(21(17)5)23(7)24(8)31-22(6)18(2)20(4)26(10)33(31)35(32)14-16-37-34-27-13-15-36-29(27)12-11-28(34)35;1-17-19(3)25(9)31-29(21(17)5)23(7)24(8)30-22(6)18(2)20(4)26(10)32(30)35(31)14-16-37-34-28(35)12-11-27-13-15-36-33(27)34;/h3*11-16H,1-10H3;1H4. The molecule has 3 spiro atoms. The second-order valence-corrected chi connectivity index (χ2v) is 33.8. The summed E-state index contributed by atoms with van der Waals surface area (Å²) in [4.78, 5) is 0. The molecule has 572 valence electrons. The molecular formula is C106H112O6. The Hall–Kier alpha value is -10.6. The van der Waals surface area contributed by atoms with E-state index < -0.39 is 16.2 Å². The van der Waals surface area contributed by atoms with Crippen LogP contribution in [0.15, 0.2) is 124 Å². The van der Waals surface area contributed by atoms with Crippen molar-refractivity contribution in [1.29, 1.82) is 0 Å².